The van der Waals surface area contributed by atoms with Crippen molar-refractivity contribution in [2.45, 2.75) is 6.92 Å². The van der Waals surface area contributed by atoms with Crippen molar-refractivity contribution in [3.8, 4) is 54.6 Å². The van der Waals surface area contributed by atoms with Crippen molar-refractivity contribution in [3.05, 3.63) is 188 Å². The molecule has 0 atom stereocenters. The fourth-order valence-electron chi connectivity index (χ4n) is 7.06. The maximum atomic E-state index is 5.68. The van der Waals surface area contributed by atoms with Gasteiger partial charge in [0.15, 0.2) is 0 Å². The number of nitrogens with zero attached hydrogens (tertiary/aromatic N) is 2. The van der Waals surface area contributed by atoms with Crippen molar-refractivity contribution in [3.63, 3.8) is 0 Å². The van der Waals surface area contributed by atoms with Crippen molar-refractivity contribution in [2.24, 2.45) is 0 Å². The van der Waals surface area contributed by atoms with Crippen LogP contribution in [0.25, 0.3) is 43.1 Å². The third-order valence-corrected chi connectivity index (χ3v) is 11.3. The first-order chi connectivity index (χ1) is 27.0. The lowest BCUT2D eigenvalue weighted by Crippen LogP contribution is -2.12. The minimum Gasteiger partial charge on any atom is -0.497 e. The highest BCUT2D eigenvalue weighted by atomic mass is 32.1. The van der Waals surface area contributed by atoms with Crippen molar-refractivity contribution >= 4 is 39.8 Å². The standard InChI is InChI=1S/C50H42N2O2S/c1-35-21-23-38(24-22-35)49-47(36-13-7-5-8-14-36)48(37-15-9-6-10-16-37)50(55-49)39-25-27-41(28-26-39)52(44-18-12-20-46(34-44)54-4)42-31-29-40(30-32-42)51(2)43-17-11-19-45(33-43)53-3/h5-34H,1-4H3. The molecule has 55 heavy (non-hydrogen) atoms. The number of methoxy groups -OCH3 is 2. The molecule has 0 amide bonds. The van der Waals surface area contributed by atoms with Gasteiger partial charge in [0.2, 0.25) is 0 Å². The Labute approximate surface area is 328 Å². The minimum atomic E-state index is 0.802. The van der Waals surface area contributed by atoms with E-state index in [-0.39, 0.29) is 0 Å². The summed E-state index contributed by atoms with van der Waals surface area (Å²) in [7, 11) is 5.48. The molecule has 1 aromatic heterocycles. The van der Waals surface area contributed by atoms with E-state index < -0.39 is 0 Å². The molecule has 0 saturated carbocycles. The van der Waals surface area contributed by atoms with Gasteiger partial charge in [-0.05, 0) is 89.8 Å². The second-order valence-corrected chi connectivity index (χ2v) is 14.5. The van der Waals surface area contributed by atoms with Crippen LogP contribution in [0.3, 0.4) is 0 Å². The van der Waals surface area contributed by atoms with Gasteiger partial charge < -0.3 is 19.3 Å². The van der Waals surface area contributed by atoms with Gasteiger partial charge in [-0.2, -0.15) is 0 Å². The van der Waals surface area contributed by atoms with Gasteiger partial charge in [0.05, 0.1) is 14.2 Å². The number of thiophene rings is 1. The van der Waals surface area contributed by atoms with E-state index in [1.807, 2.05) is 41.7 Å². The predicted molar refractivity (Wildman–Crippen MR) is 233 cm³/mol. The van der Waals surface area contributed by atoms with Gasteiger partial charge in [-0.3, -0.25) is 0 Å². The summed E-state index contributed by atoms with van der Waals surface area (Å²) in [6, 6.07) is 64.5. The first-order valence-corrected chi connectivity index (χ1v) is 19.2. The number of benzene rings is 7. The lowest BCUT2D eigenvalue weighted by atomic mass is 9.91. The molecule has 0 unspecified atom stereocenters. The number of hydrogen-bond donors (Lipinski definition) is 0. The van der Waals surface area contributed by atoms with Crippen molar-refractivity contribution in [2.75, 3.05) is 31.1 Å². The van der Waals surface area contributed by atoms with Crippen LogP contribution in [0, 0.1) is 6.92 Å². The van der Waals surface area contributed by atoms with Crippen LogP contribution in [0.4, 0.5) is 28.4 Å². The lowest BCUT2D eigenvalue weighted by Gasteiger charge is -2.27. The molecule has 5 heteroatoms. The van der Waals surface area contributed by atoms with Gasteiger partial charge in [0, 0.05) is 68.5 Å². The van der Waals surface area contributed by atoms with Gasteiger partial charge in [-0.15, -0.1) is 11.3 Å². The Morgan fingerprint density at radius 1 is 0.400 bits per heavy atom. The van der Waals surface area contributed by atoms with E-state index in [1.54, 1.807) is 14.2 Å². The molecule has 8 aromatic rings. The van der Waals surface area contributed by atoms with Gasteiger partial charge >= 0.3 is 0 Å². The number of hydrogen-bond acceptors (Lipinski definition) is 5. The molecule has 0 spiro atoms. The maximum Gasteiger partial charge on any atom is 0.120 e. The topological polar surface area (TPSA) is 24.9 Å². The van der Waals surface area contributed by atoms with Gasteiger partial charge in [0.25, 0.3) is 0 Å². The van der Waals surface area contributed by atoms with Crippen LogP contribution in [0.15, 0.2) is 182 Å². The van der Waals surface area contributed by atoms with Crippen LogP contribution >= 0.6 is 11.3 Å². The summed E-state index contributed by atoms with van der Waals surface area (Å²) < 4.78 is 11.2. The molecule has 0 bridgehead atoms. The first kappa shape index (κ1) is 35.5. The Hall–Kier alpha value is -6.56. The second kappa shape index (κ2) is 15.8. The smallest absolute Gasteiger partial charge is 0.120 e. The van der Waals surface area contributed by atoms with E-state index in [0.717, 1.165) is 39.9 Å². The lowest BCUT2D eigenvalue weighted by molar-refractivity contribution is 0.415. The number of aryl methyl sites for hydroxylation is 1. The summed E-state index contributed by atoms with van der Waals surface area (Å²) in [4.78, 5) is 6.95. The van der Waals surface area contributed by atoms with E-state index in [2.05, 4.69) is 175 Å². The maximum absolute atomic E-state index is 5.68. The summed E-state index contributed by atoms with van der Waals surface area (Å²) in [5, 5.41) is 0. The van der Waals surface area contributed by atoms with Crippen molar-refractivity contribution < 1.29 is 9.47 Å². The summed E-state index contributed by atoms with van der Waals surface area (Å²) in [5.41, 5.74) is 13.8. The van der Waals surface area contributed by atoms with Crippen LogP contribution in [0.1, 0.15) is 5.56 Å². The zero-order valence-electron chi connectivity index (χ0n) is 31.4. The normalized spacial score (nSPS) is 10.9. The average molecular weight is 735 g/mol. The van der Waals surface area contributed by atoms with Gasteiger partial charge in [0.1, 0.15) is 11.5 Å². The molecule has 7 aromatic carbocycles. The van der Waals surface area contributed by atoms with E-state index >= 15 is 0 Å². The van der Waals surface area contributed by atoms with E-state index in [9.17, 15) is 0 Å². The molecule has 270 valence electrons. The zero-order chi connectivity index (χ0) is 37.7. The van der Waals surface area contributed by atoms with Crippen LogP contribution in [0.5, 0.6) is 11.5 Å². The third kappa shape index (κ3) is 7.35. The molecule has 4 nitrogen and oxygen atoms in total. The Kier molecular flexibility index (Phi) is 10.2. The monoisotopic (exact) mass is 734 g/mol. The van der Waals surface area contributed by atoms with Gasteiger partial charge in [-0.1, -0.05) is 115 Å². The molecular formula is C50H42N2O2S. The molecule has 0 aliphatic rings. The molecule has 0 N–H and O–H groups in total. The fourth-order valence-corrected chi connectivity index (χ4v) is 8.41. The number of ether oxygens (including phenoxy) is 2. The average Bonchev–Trinajstić information content (AvgIpc) is 3.66. The molecule has 0 aliphatic carbocycles. The summed E-state index contributed by atoms with van der Waals surface area (Å²) in [5.74, 6) is 1.63. The third-order valence-electron chi connectivity index (χ3n) is 9.98. The highest BCUT2D eigenvalue weighted by Gasteiger charge is 2.24. The Morgan fingerprint density at radius 2 is 0.836 bits per heavy atom. The SMILES string of the molecule is COc1cccc(N(C)c2ccc(N(c3ccc(-c4sc(-c5ccc(C)cc5)c(-c5ccccc5)c4-c4ccccc4)cc3)c3cccc(OC)c3)cc2)c1. The predicted octanol–water partition coefficient (Wildman–Crippen LogP) is 14.0. The van der Waals surface area contributed by atoms with Crippen LogP contribution in [-0.4, -0.2) is 21.3 Å². The molecule has 0 saturated heterocycles. The Balaban J connectivity index is 1.23. The second-order valence-electron chi connectivity index (χ2n) is 13.5. The Bertz CT molecular complexity index is 2510. The minimum absolute atomic E-state index is 0.802. The largest absolute Gasteiger partial charge is 0.497 e. The fraction of sp³-hybridized carbons (Fsp3) is 0.0800. The number of anilines is 5. The summed E-state index contributed by atoms with van der Waals surface area (Å²) >= 11 is 1.86. The molecular weight excluding hydrogens is 693 g/mol. The highest BCUT2D eigenvalue weighted by Crippen LogP contribution is 2.52. The van der Waals surface area contributed by atoms with E-state index in [0.29, 0.717) is 0 Å². The molecule has 0 radical (unpaired) electrons. The van der Waals surface area contributed by atoms with Crippen LogP contribution < -0.4 is 19.3 Å². The molecule has 0 fully saturated rings. The molecule has 0 aliphatic heterocycles. The zero-order valence-corrected chi connectivity index (χ0v) is 32.3. The first-order valence-electron chi connectivity index (χ1n) is 18.4. The van der Waals surface area contributed by atoms with E-state index in [4.69, 9.17) is 9.47 Å². The van der Waals surface area contributed by atoms with E-state index in [1.165, 1.54) is 48.7 Å². The summed E-state index contributed by atoms with van der Waals surface area (Å²) in [6.07, 6.45) is 0. The number of rotatable bonds is 11. The van der Waals surface area contributed by atoms with Crippen molar-refractivity contribution in [1.29, 1.82) is 0 Å². The van der Waals surface area contributed by atoms with Crippen LogP contribution in [0.2, 0.25) is 0 Å². The molecule has 8 rings (SSSR count). The molecule has 1 heterocycles. The quantitative estimate of drug-likeness (QED) is 0.132. The summed E-state index contributed by atoms with van der Waals surface area (Å²) in [6.45, 7) is 2.14. The highest BCUT2D eigenvalue weighted by molar-refractivity contribution is 7.20. The van der Waals surface area contributed by atoms with Crippen molar-refractivity contribution in [1.82, 2.24) is 0 Å². The van der Waals surface area contributed by atoms with Crippen LogP contribution in [-0.2, 0) is 0 Å². The van der Waals surface area contributed by atoms with Gasteiger partial charge in [-0.25, -0.2) is 0 Å². The Morgan fingerprint density at radius 3 is 1.35 bits per heavy atom.